The van der Waals surface area contributed by atoms with E-state index in [4.69, 9.17) is 15.5 Å². The minimum atomic E-state index is -0.337. The van der Waals surface area contributed by atoms with Crippen LogP contribution in [0.5, 0.6) is 0 Å². The second-order valence-electron chi connectivity index (χ2n) is 6.76. The van der Waals surface area contributed by atoms with E-state index in [1.54, 1.807) is 12.1 Å². The summed E-state index contributed by atoms with van der Waals surface area (Å²) in [5.74, 6) is 1.10. The largest absolute Gasteiger partial charge is 0.465 e. The van der Waals surface area contributed by atoms with E-state index in [0.717, 1.165) is 46.2 Å². The standard InChI is InChI=1S/C22H22N4O2/c1-3-6-18-25-19-20(16-7-4-5-8-17(16)24-21(19)23)26(18)13-14-9-11-15(12-10-14)22(27)28-2/h4-5,7-12H,3,6,13H2,1-2H3,(H2,23,24). The summed E-state index contributed by atoms with van der Waals surface area (Å²) < 4.78 is 6.99. The molecule has 2 heterocycles. The number of imidazole rings is 1. The zero-order valence-corrected chi connectivity index (χ0v) is 16.0. The van der Waals surface area contributed by atoms with Gasteiger partial charge in [0, 0.05) is 18.4 Å². The van der Waals surface area contributed by atoms with Gasteiger partial charge in [-0.05, 0) is 30.2 Å². The van der Waals surface area contributed by atoms with Gasteiger partial charge in [0.25, 0.3) is 0 Å². The molecule has 0 saturated heterocycles. The Balaban J connectivity index is 1.87. The summed E-state index contributed by atoms with van der Waals surface area (Å²) in [6.45, 7) is 2.77. The molecular formula is C22H22N4O2. The molecule has 0 radical (unpaired) electrons. The minimum Gasteiger partial charge on any atom is -0.465 e. The van der Waals surface area contributed by atoms with E-state index >= 15 is 0 Å². The number of nitrogen functional groups attached to an aromatic ring is 1. The van der Waals surface area contributed by atoms with Crippen LogP contribution in [0.3, 0.4) is 0 Å². The van der Waals surface area contributed by atoms with E-state index in [1.165, 1.54) is 7.11 Å². The number of para-hydroxylation sites is 1. The van der Waals surface area contributed by atoms with Crippen LogP contribution < -0.4 is 5.73 Å². The number of benzene rings is 2. The Hall–Kier alpha value is -3.41. The maximum atomic E-state index is 11.7. The Morgan fingerprint density at radius 3 is 2.57 bits per heavy atom. The predicted octanol–water partition coefficient (Wildman–Crippen LogP) is 3.95. The van der Waals surface area contributed by atoms with E-state index in [9.17, 15) is 4.79 Å². The molecule has 6 heteroatoms. The number of hydrogen-bond acceptors (Lipinski definition) is 5. The molecule has 0 amide bonds. The lowest BCUT2D eigenvalue weighted by molar-refractivity contribution is 0.0600. The summed E-state index contributed by atoms with van der Waals surface area (Å²) in [7, 11) is 1.38. The third kappa shape index (κ3) is 3.07. The summed E-state index contributed by atoms with van der Waals surface area (Å²) in [5, 5.41) is 1.03. The van der Waals surface area contributed by atoms with Crippen LogP contribution >= 0.6 is 0 Å². The summed E-state index contributed by atoms with van der Waals surface area (Å²) in [6.07, 6.45) is 1.83. The lowest BCUT2D eigenvalue weighted by Gasteiger charge is -2.11. The summed E-state index contributed by atoms with van der Waals surface area (Å²) >= 11 is 0. The van der Waals surface area contributed by atoms with Crippen LogP contribution in [0.15, 0.2) is 48.5 Å². The molecule has 2 N–H and O–H groups in total. The quantitative estimate of drug-likeness (QED) is 0.535. The lowest BCUT2D eigenvalue weighted by Crippen LogP contribution is -2.06. The van der Waals surface area contributed by atoms with Crippen molar-refractivity contribution in [2.24, 2.45) is 0 Å². The summed E-state index contributed by atoms with van der Waals surface area (Å²) in [5.41, 5.74) is 10.4. The van der Waals surface area contributed by atoms with Crippen molar-refractivity contribution in [2.45, 2.75) is 26.3 Å². The third-order valence-electron chi connectivity index (χ3n) is 4.88. The maximum absolute atomic E-state index is 11.7. The molecule has 0 aliphatic heterocycles. The van der Waals surface area contributed by atoms with Gasteiger partial charge in [-0.2, -0.15) is 0 Å². The molecule has 2 aromatic carbocycles. The highest BCUT2D eigenvalue weighted by Gasteiger charge is 2.17. The van der Waals surface area contributed by atoms with Crippen LogP contribution in [0.1, 0.15) is 35.1 Å². The molecule has 0 fully saturated rings. The molecule has 0 bridgehead atoms. The summed E-state index contributed by atoms with van der Waals surface area (Å²) in [6, 6.07) is 15.4. The Kier molecular flexibility index (Phi) is 4.69. The number of nitrogens with zero attached hydrogens (tertiary/aromatic N) is 3. The van der Waals surface area contributed by atoms with Gasteiger partial charge >= 0.3 is 5.97 Å². The molecule has 0 unspecified atom stereocenters. The molecule has 0 aliphatic carbocycles. The van der Waals surface area contributed by atoms with Gasteiger partial charge in [0.15, 0.2) is 5.82 Å². The van der Waals surface area contributed by atoms with Crippen molar-refractivity contribution in [1.82, 2.24) is 14.5 Å². The van der Waals surface area contributed by atoms with Gasteiger partial charge in [0.05, 0.1) is 23.7 Å². The van der Waals surface area contributed by atoms with Gasteiger partial charge in [-0.15, -0.1) is 0 Å². The molecule has 4 aromatic rings. The van der Waals surface area contributed by atoms with Gasteiger partial charge in [-0.1, -0.05) is 37.3 Å². The lowest BCUT2D eigenvalue weighted by atomic mass is 10.1. The fourth-order valence-electron chi connectivity index (χ4n) is 3.54. The van der Waals surface area contributed by atoms with E-state index in [0.29, 0.717) is 17.9 Å². The van der Waals surface area contributed by atoms with Crippen molar-refractivity contribution < 1.29 is 9.53 Å². The molecular weight excluding hydrogens is 352 g/mol. The van der Waals surface area contributed by atoms with Crippen LogP contribution in [0.2, 0.25) is 0 Å². The number of rotatable bonds is 5. The Morgan fingerprint density at radius 1 is 1.11 bits per heavy atom. The van der Waals surface area contributed by atoms with Crippen molar-refractivity contribution in [3.8, 4) is 0 Å². The molecule has 6 nitrogen and oxygen atoms in total. The number of hydrogen-bond donors (Lipinski definition) is 1. The fraction of sp³-hybridized carbons (Fsp3) is 0.227. The first-order valence-corrected chi connectivity index (χ1v) is 9.33. The van der Waals surface area contributed by atoms with Crippen LogP contribution in [-0.4, -0.2) is 27.6 Å². The number of aromatic nitrogens is 3. The number of carbonyl (C=O) groups excluding carboxylic acids is 1. The van der Waals surface area contributed by atoms with Crippen molar-refractivity contribution in [3.05, 3.63) is 65.5 Å². The smallest absolute Gasteiger partial charge is 0.337 e. The third-order valence-corrected chi connectivity index (χ3v) is 4.88. The van der Waals surface area contributed by atoms with E-state index in [2.05, 4.69) is 22.5 Å². The highest BCUT2D eigenvalue weighted by Crippen LogP contribution is 2.29. The highest BCUT2D eigenvalue weighted by molar-refractivity contribution is 6.06. The van der Waals surface area contributed by atoms with Crippen LogP contribution in [0.4, 0.5) is 5.82 Å². The van der Waals surface area contributed by atoms with Crippen LogP contribution in [0.25, 0.3) is 21.9 Å². The highest BCUT2D eigenvalue weighted by atomic mass is 16.5. The van der Waals surface area contributed by atoms with Crippen LogP contribution in [-0.2, 0) is 17.7 Å². The number of methoxy groups -OCH3 is 1. The van der Waals surface area contributed by atoms with E-state index in [-0.39, 0.29) is 5.97 Å². The molecule has 0 atom stereocenters. The van der Waals surface area contributed by atoms with Gasteiger partial charge in [-0.3, -0.25) is 0 Å². The SMILES string of the molecule is CCCc1nc2c(N)nc3ccccc3c2n1Cc1ccc(C(=O)OC)cc1. The predicted molar refractivity (Wildman–Crippen MR) is 110 cm³/mol. The van der Waals surface area contributed by atoms with Crippen molar-refractivity contribution in [1.29, 1.82) is 0 Å². The molecule has 0 saturated carbocycles. The number of nitrogens with two attached hydrogens (primary N) is 1. The van der Waals surface area contributed by atoms with Crippen molar-refractivity contribution in [3.63, 3.8) is 0 Å². The number of fused-ring (bicyclic) bond motifs is 3. The number of pyridine rings is 1. The van der Waals surface area contributed by atoms with Crippen LogP contribution in [0, 0.1) is 0 Å². The Morgan fingerprint density at radius 2 is 1.86 bits per heavy atom. The molecule has 142 valence electrons. The zero-order chi connectivity index (χ0) is 19.7. The molecule has 28 heavy (non-hydrogen) atoms. The first kappa shape index (κ1) is 18.0. The number of aryl methyl sites for hydroxylation is 1. The number of anilines is 1. The number of ether oxygens (including phenoxy) is 1. The molecule has 0 aliphatic rings. The van der Waals surface area contributed by atoms with Gasteiger partial charge < -0.3 is 15.0 Å². The van der Waals surface area contributed by atoms with Gasteiger partial charge in [-0.25, -0.2) is 14.8 Å². The average molecular weight is 374 g/mol. The topological polar surface area (TPSA) is 83.0 Å². The van der Waals surface area contributed by atoms with Gasteiger partial charge in [0.2, 0.25) is 0 Å². The monoisotopic (exact) mass is 374 g/mol. The van der Waals surface area contributed by atoms with E-state index in [1.807, 2.05) is 30.3 Å². The molecule has 0 spiro atoms. The maximum Gasteiger partial charge on any atom is 0.337 e. The fourth-order valence-corrected chi connectivity index (χ4v) is 3.54. The molecule has 2 aromatic heterocycles. The van der Waals surface area contributed by atoms with E-state index < -0.39 is 0 Å². The normalized spacial score (nSPS) is 11.2. The number of carbonyl (C=O) groups is 1. The van der Waals surface area contributed by atoms with Crippen molar-refractivity contribution in [2.75, 3.05) is 12.8 Å². The summed E-state index contributed by atoms with van der Waals surface area (Å²) in [4.78, 5) is 21.0. The number of esters is 1. The Bertz CT molecular complexity index is 1160. The van der Waals surface area contributed by atoms with Crippen molar-refractivity contribution >= 4 is 33.7 Å². The first-order valence-electron chi connectivity index (χ1n) is 9.33. The van der Waals surface area contributed by atoms with Gasteiger partial charge in [0.1, 0.15) is 11.3 Å². The zero-order valence-electron chi connectivity index (χ0n) is 16.0. The second-order valence-corrected chi connectivity index (χ2v) is 6.76. The Labute approximate surface area is 163 Å². The average Bonchev–Trinajstić information content (AvgIpc) is 3.07. The molecule has 4 rings (SSSR count). The minimum absolute atomic E-state index is 0.337. The first-order chi connectivity index (χ1) is 13.6. The second kappa shape index (κ2) is 7.31.